The first-order valence-electron chi connectivity index (χ1n) is 11.2. The van der Waals surface area contributed by atoms with Crippen LogP contribution in [0.15, 0.2) is 60.7 Å². The standard InChI is InChI=1S/2C9H9F2N2O.2C5H5.Ti/c2*1-13(2)9(14)12-8-4-3-6(10)5-7(8)11;2*1-2-4-5-3-1;/h2*3-4H,1-2H3,(H,12,14);2*1-3H,4H2;/q4*-1;+4. The van der Waals surface area contributed by atoms with Crippen LogP contribution >= 0.6 is 0 Å². The Labute approximate surface area is 241 Å². The monoisotopic (exact) mass is 576 g/mol. The number of benzene rings is 2. The Balaban J connectivity index is 0.000000537. The molecule has 0 radical (unpaired) electrons. The first-order valence-corrected chi connectivity index (χ1v) is 11.2. The number of hydrogen-bond acceptors (Lipinski definition) is 2. The molecular weight excluding hydrogens is 548 g/mol. The Hall–Kier alpha value is -3.63. The van der Waals surface area contributed by atoms with E-state index in [1.165, 1.54) is 38.0 Å². The average Bonchev–Trinajstić information content (AvgIpc) is 3.62. The molecule has 39 heavy (non-hydrogen) atoms. The van der Waals surface area contributed by atoms with E-state index >= 15 is 0 Å². The van der Waals surface area contributed by atoms with Crippen molar-refractivity contribution in [1.82, 2.24) is 9.80 Å². The summed E-state index contributed by atoms with van der Waals surface area (Å²) in [5.41, 5.74) is -0.185. The molecule has 2 N–H and O–H groups in total. The fourth-order valence-electron chi connectivity index (χ4n) is 2.21. The van der Waals surface area contributed by atoms with Crippen molar-refractivity contribution in [2.24, 2.45) is 0 Å². The van der Waals surface area contributed by atoms with Gasteiger partial charge in [-0.05, 0) is 11.4 Å². The summed E-state index contributed by atoms with van der Waals surface area (Å²) in [6.07, 6.45) is 20.0. The van der Waals surface area contributed by atoms with Crippen LogP contribution in [0.25, 0.3) is 0 Å². The second-order valence-corrected chi connectivity index (χ2v) is 7.72. The van der Waals surface area contributed by atoms with Crippen molar-refractivity contribution in [3.63, 3.8) is 0 Å². The molecule has 6 nitrogen and oxygen atoms in total. The fraction of sp³-hybridized carbons (Fsp3) is 0.214. The van der Waals surface area contributed by atoms with Gasteiger partial charge in [-0.3, -0.25) is 12.2 Å². The summed E-state index contributed by atoms with van der Waals surface area (Å²) in [7, 11) is 6.06. The zero-order valence-corrected chi connectivity index (χ0v) is 23.5. The average molecular weight is 576 g/mol. The number of amides is 4. The Bertz CT molecular complexity index is 1070. The Kier molecular flexibility index (Phi) is 17.6. The molecule has 2 aromatic rings. The molecule has 0 fully saturated rings. The van der Waals surface area contributed by atoms with Gasteiger partial charge in [0.25, 0.3) is 0 Å². The second kappa shape index (κ2) is 19.4. The van der Waals surface area contributed by atoms with Crippen LogP contribution in [0, 0.1) is 47.6 Å². The topological polar surface area (TPSA) is 64.7 Å². The Morgan fingerprint density at radius 3 is 1.26 bits per heavy atom. The van der Waals surface area contributed by atoms with E-state index in [0.29, 0.717) is 0 Å². The summed E-state index contributed by atoms with van der Waals surface area (Å²) in [6, 6.07) is 7.00. The van der Waals surface area contributed by atoms with Gasteiger partial charge in [-0.1, -0.05) is 0 Å². The smallest absolute Gasteiger partial charge is 0.359 e. The largest absolute Gasteiger partial charge is 4.00 e. The van der Waals surface area contributed by atoms with E-state index in [1.807, 2.05) is 36.4 Å². The van der Waals surface area contributed by atoms with Crippen molar-refractivity contribution in [3.8, 4) is 0 Å². The molecular formula is C28H28F4N4O2Ti. The zero-order valence-electron chi connectivity index (χ0n) is 21.9. The van der Waals surface area contributed by atoms with Gasteiger partial charge < -0.3 is 20.4 Å². The normalized spacial score (nSPS) is 11.5. The fourth-order valence-corrected chi connectivity index (χ4v) is 2.21. The molecule has 0 saturated carbocycles. The second-order valence-electron chi connectivity index (χ2n) is 7.72. The van der Waals surface area contributed by atoms with Crippen LogP contribution in [0.4, 0.5) is 38.5 Å². The quantitative estimate of drug-likeness (QED) is 0.250. The zero-order chi connectivity index (χ0) is 28.5. The summed E-state index contributed by atoms with van der Waals surface area (Å²) in [4.78, 5) is 24.7. The maximum Gasteiger partial charge on any atom is 4.00 e. The van der Waals surface area contributed by atoms with Crippen LogP contribution in [-0.4, -0.2) is 50.1 Å². The van der Waals surface area contributed by atoms with Crippen molar-refractivity contribution in [3.05, 3.63) is 108 Å². The first-order chi connectivity index (χ1) is 18.0. The van der Waals surface area contributed by atoms with Crippen LogP contribution in [0.2, 0.25) is 0 Å². The minimum atomic E-state index is -0.916. The number of halogens is 4. The van der Waals surface area contributed by atoms with E-state index in [9.17, 15) is 27.2 Å². The van der Waals surface area contributed by atoms with Gasteiger partial charge in [0, 0.05) is 51.5 Å². The Morgan fingerprint density at radius 2 is 1.05 bits per heavy atom. The van der Waals surface area contributed by atoms with Crippen molar-refractivity contribution >= 4 is 23.4 Å². The molecule has 0 bridgehead atoms. The Morgan fingerprint density at radius 1 is 0.692 bits per heavy atom. The minimum Gasteiger partial charge on any atom is -0.359 e. The van der Waals surface area contributed by atoms with E-state index in [1.54, 1.807) is 0 Å². The van der Waals surface area contributed by atoms with Gasteiger partial charge in [0.2, 0.25) is 0 Å². The van der Waals surface area contributed by atoms with Crippen molar-refractivity contribution in [2.45, 2.75) is 12.8 Å². The van der Waals surface area contributed by atoms with E-state index in [2.05, 4.69) is 34.9 Å². The molecule has 4 rings (SSSR count). The summed E-state index contributed by atoms with van der Waals surface area (Å²) in [6.45, 7) is 0. The molecule has 0 atom stereocenters. The van der Waals surface area contributed by atoms with Gasteiger partial charge in [-0.2, -0.15) is 12.2 Å². The maximum absolute atomic E-state index is 12.9. The molecule has 11 heteroatoms. The van der Waals surface area contributed by atoms with Gasteiger partial charge in [-0.25, -0.2) is 51.5 Å². The van der Waals surface area contributed by atoms with Crippen LogP contribution in [-0.2, 0) is 21.7 Å². The third-order valence-corrected chi connectivity index (χ3v) is 4.19. The first kappa shape index (κ1) is 35.4. The number of urea groups is 2. The molecule has 0 unspecified atom stereocenters. The molecule has 0 aliphatic heterocycles. The van der Waals surface area contributed by atoms with Gasteiger partial charge in [0.15, 0.2) is 0 Å². The van der Waals surface area contributed by atoms with Crippen LogP contribution in [0.3, 0.4) is 0 Å². The number of anilines is 2. The number of carbonyl (C=O) groups is 2. The van der Waals surface area contributed by atoms with Crippen LogP contribution in [0.1, 0.15) is 12.8 Å². The van der Waals surface area contributed by atoms with Crippen molar-refractivity contribution in [2.75, 3.05) is 38.8 Å². The van der Waals surface area contributed by atoms with E-state index in [0.717, 1.165) is 37.1 Å². The third-order valence-electron chi connectivity index (χ3n) is 4.19. The molecule has 0 spiro atoms. The predicted molar refractivity (Wildman–Crippen MR) is 139 cm³/mol. The van der Waals surface area contributed by atoms with Crippen LogP contribution < -0.4 is 10.6 Å². The predicted octanol–water partition coefficient (Wildman–Crippen LogP) is 6.33. The summed E-state index contributed by atoms with van der Waals surface area (Å²) < 4.78 is 50.7. The number of nitrogens with zero attached hydrogens (tertiary/aromatic N) is 2. The minimum absolute atomic E-state index is 0. The van der Waals surface area contributed by atoms with Gasteiger partial charge >= 0.3 is 33.8 Å². The maximum atomic E-state index is 12.9. The number of rotatable bonds is 2. The van der Waals surface area contributed by atoms with Gasteiger partial charge in [-0.15, -0.1) is 49.2 Å². The van der Waals surface area contributed by atoms with Gasteiger partial charge in [0.1, 0.15) is 0 Å². The molecule has 0 saturated heterocycles. The van der Waals surface area contributed by atoms with E-state index in [-0.39, 0.29) is 33.1 Å². The van der Waals surface area contributed by atoms with E-state index in [4.69, 9.17) is 0 Å². The number of nitrogens with one attached hydrogen (secondary N) is 2. The summed E-state index contributed by atoms with van der Waals surface area (Å²) in [5.74, 6) is -3.43. The van der Waals surface area contributed by atoms with E-state index < -0.39 is 35.3 Å². The number of hydrogen-bond donors (Lipinski definition) is 2. The molecule has 204 valence electrons. The molecule has 2 aliphatic carbocycles. The third kappa shape index (κ3) is 15.4. The summed E-state index contributed by atoms with van der Waals surface area (Å²) >= 11 is 0. The van der Waals surface area contributed by atoms with Crippen LogP contribution in [0.5, 0.6) is 0 Å². The molecule has 0 heterocycles. The molecule has 2 aliphatic rings. The number of allylic oxidation sites excluding steroid dienone is 8. The molecule has 2 aromatic carbocycles. The molecule has 4 amide bonds. The SMILES string of the molecule is CN(C)C(=O)Nc1ccc(F)[c-]c1F.CN(C)C(=O)Nc1ccc(F)[c-]c1F.[C-]1=CC=CC1.[C-]1=CC=CC1.[Ti+4]. The summed E-state index contributed by atoms with van der Waals surface area (Å²) in [5, 5.41) is 4.50. The molecule has 0 aromatic heterocycles. The van der Waals surface area contributed by atoms with Crippen molar-refractivity contribution in [1.29, 1.82) is 0 Å². The van der Waals surface area contributed by atoms with Crippen molar-refractivity contribution < 1.29 is 48.9 Å². The van der Waals surface area contributed by atoms with Gasteiger partial charge in [0.05, 0.1) is 0 Å². The number of carbonyl (C=O) groups excluding carboxylic acids is 2.